The van der Waals surface area contributed by atoms with Crippen molar-refractivity contribution in [2.24, 2.45) is 0 Å². The van der Waals surface area contributed by atoms with Crippen LogP contribution in [0.3, 0.4) is 0 Å². The maximum absolute atomic E-state index is 11.0. The Labute approximate surface area is 90.2 Å². The van der Waals surface area contributed by atoms with Crippen molar-refractivity contribution in [3.63, 3.8) is 0 Å². The highest BCUT2D eigenvalue weighted by Gasteiger charge is 2.08. The molecule has 1 heterocycles. The zero-order valence-electron chi connectivity index (χ0n) is 7.95. The Morgan fingerprint density at radius 3 is 3.07 bits per heavy atom. The number of nitrogens with zero attached hydrogens (tertiary/aromatic N) is 1. The maximum Gasteiger partial charge on any atom is 0.344 e. The monoisotopic (exact) mass is 232 g/mol. The van der Waals surface area contributed by atoms with Gasteiger partial charge in [0.15, 0.2) is 17.4 Å². The quantitative estimate of drug-likeness (QED) is 0.759. The number of nitrogens with one attached hydrogen (secondary N) is 1. The van der Waals surface area contributed by atoms with Crippen molar-refractivity contribution in [1.82, 2.24) is 10.2 Å². The smallest absolute Gasteiger partial charge is 0.344 e. The van der Waals surface area contributed by atoms with Crippen LogP contribution in [0, 0.1) is 0 Å². The van der Waals surface area contributed by atoms with Crippen LogP contribution in [0.4, 0.5) is 0 Å². The van der Waals surface area contributed by atoms with Crippen molar-refractivity contribution in [3.8, 4) is 5.75 Å². The van der Waals surface area contributed by atoms with Gasteiger partial charge in [-0.1, -0.05) is 11.6 Å². The summed E-state index contributed by atoms with van der Waals surface area (Å²) in [6.45, 7) is 1.64. The maximum atomic E-state index is 11.0. The van der Waals surface area contributed by atoms with Crippen molar-refractivity contribution >= 4 is 17.6 Å². The lowest BCUT2D eigenvalue weighted by Crippen LogP contribution is -2.17. The molecular formula is C8H9ClN2O4. The summed E-state index contributed by atoms with van der Waals surface area (Å²) in [6, 6.07) is 0. The van der Waals surface area contributed by atoms with Gasteiger partial charge in [0.2, 0.25) is 0 Å². The van der Waals surface area contributed by atoms with Crippen LogP contribution in [-0.4, -0.2) is 29.4 Å². The van der Waals surface area contributed by atoms with E-state index in [0.717, 1.165) is 0 Å². The van der Waals surface area contributed by atoms with Crippen LogP contribution in [-0.2, 0) is 9.53 Å². The molecule has 0 amide bonds. The average molecular weight is 233 g/mol. The number of hydrogen-bond acceptors (Lipinski definition) is 5. The molecule has 82 valence electrons. The Hall–Kier alpha value is -1.56. The third kappa shape index (κ3) is 3.25. The number of carbonyl (C=O) groups excluding carboxylic acids is 1. The molecule has 1 aromatic heterocycles. The summed E-state index contributed by atoms with van der Waals surface area (Å²) in [7, 11) is 0. The summed E-state index contributed by atoms with van der Waals surface area (Å²) < 4.78 is 9.56. The molecule has 0 aliphatic heterocycles. The molecule has 0 bridgehead atoms. The molecule has 0 aliphatic carbocycles. The second-order valence-corrected chi connectivity index (χ2v) is 2.85. The van der Waals surface area contributed by atoms with E-state index in [1.54, 1.807) is 6.92 Å². The van der Waals surface area contributed by atoms with E-state index in [-0.39, 0.29) is 24.0 Å². The first-order valence-corrected chi connectivity index (χ1v) is 4.54. The van der Waals surface area contributed by atoms with E-state index in [0.29, 0.717) is 0 Å². The van der Waals surface area contributed by atoms with Crippen molar-refractivity contribution in [3.05, 3.63) is 21.6 Å². The fourth-order valence-corrected chi connectivity index (χ4v) is 0.953. The van der Waals surface area contributed by atoms with Gasteiger partial charge in [-0.3, -0.25) is 4.79 Å². The van der Waals surface area contributed by atoms with Crippen molar-refractivity contribution in [2.75, 3.05) is 13.2 Å². The van der Waals surface area contributed by atoms with Gasteiger partial charge in [-0.2, -0.15) is 5.10 Å². The second-order valence-electron chi connectivity index (χ2n) is 2.47. The number of carbonyl (C=O) groups is 1. The van der Waals surface area contributed by atoms with Gasteiger partial charge in [0.05, 0.1) is 12.8 Å². The number of aromatic amines is 1. The molecule has 0 fully saturated rings. The Balaban J connectivity index is 2.62. The van der Waals surface area contributed by atoms with E-state index in [1.807, 2.05) is 0 Å². The molecule has 0 saturated heterocycles. The molecular weight excluding hydrogens is 224 g/mol. The third-order valence-corrected chi connectivity index (χ3v) is 1.77. The highest BCUT2D eigenvalue weighted by Crippen LogP contribution is 2.16. The lowest BCUT2D eigenvalue weighted by molar-refractivity contribution is -0.145. The Morgan fingerprint density at radius 2 is 2.40 bits per heavy atom. The van der Waals surface area contributed by atoms with Crippen molar-refractivity contribution in [2.45, 2.75) is 6.92 Å². The fourth-order valence-electron chi connectivity index (χ4n) is 0.807. The minimum Gasteiger partial charge on any atom is -0.478 e. The van der Waals surface area contributed by atoms with E-state index < -0.39 is 11.5 Å². The van der Waals surface area contributed by atoms with Gasteiger partial charge in [-0.15, -0.1) is 0 Å². The van der Waals surface area contributed by atoms with E-state index in [2.05, 4.69) is 14.9 Å². The predicted octanol–water partition coefficient (Wildman–Crippen LogP) is 0.365. The zero-order chi connectivity index (χ0) is 11.3. The molecule has 0 radical (unpaired) electrons. The van der Waals surface area contributed by atoms with E-state index in [4.69, 9.17) is 16.3 Å². The fraction of sp³-hybridized carbons (Fsp3) is 0.375. The molecule has 7 heteroatoms. The molecule has 1 rings (SSSR count). The molecule has 1 N–H and O–H groups in total. The van der Waals surface area contributed by atoms with Crippen LogP contribution in [0.2, 0.25) is 5.02 Å². The number of esters is 1. The van der Waals surface area contributed by atoms with Crippen LogP contribution < -0.4 is 10.3 Å². The molecule has 1 aromatic rings. The summed E-state index contributed by atoms with van der Waals surface area (Å²) in [5, 5.41) is 5.44. The largest absolute Gasteiger partial charge is 0.478 e. The normalized spacial score (nSPS) is 9.73. The van der Waals surface area contributed by atoms with E-state index in [1.165, 1.54) is 6.20 Å². The first-order chi connectivity index (χ1) is 7.15. The highest BCUT2D eigenvalue weighted by molar-refractivity contribution is 6.31. The highest BCUT2D eigenvalue weighted by atomic mass is 35.5. The Kier molecular flexibility index (Phi) is 4.11. The average Bonchev–Trinajstić information content (AvgIpc) is 2.21. The number of aromatic nitrogens is 2. The first kappa shape index (κ1) is 11.5. The van der Waals surface area contributed by atoms with Crippen LogP contribution in [0.25, 0.3) is 0 Å². The first-order valence-electron chi connectivity index (χ1n) is 4.16. The van der Waals surface area contributed by atoms with Gasteiger partial charge in [0, 0.05) is 0 Å². The van der Waals surface area contributed by atoms with Crippen LogP contribution in [0.15, 0.2) is 11.0 Å². The minimum absolute atomic E-state index is 0.0495. The van der Waals surface area contributed by atoms with Crippen molar-refractivity contribution < 1.29 is 14.3 Å². The van der Waals surface area contributed by atoms with Gasteiger partial charge in [0.1, 0.15) is 0 Å². The summed E-state index contributed by atoms with van der Waals surface area (Å²) in [5.41, 5.74) is -0.571. The third-order valence-electron chi connectivity index (χ3n) is 1.41. The number of H-pyrrole nitrogens is 1. The summed E-state index contributed by atoms with van der Waals surface area (Å²) >= 11 is 5.59. The summed E-state index contributed by atoms with van der Waals surface area (Å²) in [4.78, 5) is 21.9. The minimum atomic E-state index is -0.571. The van der Waals surface area contributed by atoms with Crippen LogP contribution >= 0.6 is 11.6 Å². The molecule has 15 heavy (non-hydrogen) atoms. The van der Waals surface area contributed by atoms with Crippen LogP contribution in [0.5, 0.6) is 5.75 Å². The lowest BCUT2D eigenvalue weighted by atomic mass is 10.5. The number of rotatable bonds is 4. The topological polar surface area (TPSA) is 81.3 Å². The Bertz CT molecular complexity index is 404. The molecule has 0 spiro atoms. The molecule has 0 unspecified atom stereocenters. The van der Waals surface area contributed by atoms with Gasteiger partial charge in [0.25, 0.3) is 5.56 Å². The lowest BCUT2D eigenvalue weighted by Gasteiger charge is -2.05. The number of hydrogen-bond donors (Lipinski definition) is 1. The second kappa shape index (κ2) is 5.35. The van der Waals surface area contributed by atoms with Gasteiger partial charge < -0.3 is 9.47 Å². The molecule has 0 aliphatic rings. The van der Waals surface area contributed by atoms with Crippen LogP contribution in [0.1, 0.15) is 6.92 Å². The van der Waals surface area contributed by atoms with E-state index in [9.17, 15) is 9.59 Å². The predicted molar refractivity (Wildman–Crippen MR) is 52.0 cm³/mol. The Morgan fingerprint density at radius 1 is 1.67 bits per heavy atom. The number of halogens is 1. The summed E-state index contributed by atoms with van der Waals surface area (Å²) in [5.74, 6) is -0.484. The van der Waals surface area contributed by atoms with E-state index >= 15 is 0 Å². The van der Waals surface area contributed by atoms with Crippen molar-refractivity contribution in [1.29, 1.82) is 0 Å². The number of ether oxygens (including phenoxy) is 2. The van der Waals surface area contributed by atoms with Gasteiger partial charge in [-0.25, -0.2) is 9.89 Å². The zero-order valence-corrected chi connectivity index (χ0v) is 8.71. The molecule has 0 saturated carbocycles. The molecule has 0 atom stereocenters. The SMILES string of the molecule is CCOC(=O)COc1cn[nH]c(=O)c1Cl. The van der Waals surface area contributed by atoms with Gasteiger partial charge in [-0.05, 0) is 6.92 Å². The molecule has 0 aromatic carbocycles. The standard InChI is InChI=1S/C8H9ClN2O4/c1-2-14-6(12)4-15-5-3-10-11-8(13)7(5)9/h3H,2,4H2,1H3,(H,11,13). The summed E-state index contributed by atoms with van der Waals surface area (Å²) in [6.07, 6.45) is 1.21. The van der Waals surface area contributed by atoms with Gasteiger partial charge >= 0.3 is 5.97 Å². The molecule has 6 nitrogen and oxygen atoms in total.